The summed E-state index contributed by atoms with van der Waals surface area (Å²) in [6, 6.07) is 5.80. The van der Waals surface area contributed by atoms with Crippen LogP contribution in [0.2, 0.25) is 0 Å². The normalized spacial score (nSPS) is 10.3. The second kappa shape index (κ2) is 4.37. The molecule has 2 rings (SSSR count). The van der Waals surface area contributed by atoms with Gasteiger partial charge in [-0.2, -0.15) is 5.10 Å². The predicted molar refractivity (Wildman–Crippen MR) is 60.5 cm³/mol. The van der Waals surface area contributed by atoms with Crippen LogP contribution in [0.25, 0.3) is 11.3 Å². The number of benzene rings is 1. The molecule has 88 valence electrons. The van der Waals surface area contributed by atoms with E-state index in [2.05, 4.69) is 5.10 Å². The SMILES string of the molecule is COc1c(C=O)c(-c2ccc(F)cc2)nn1C. The van der Waals surface area contributed by atoms with Gasteiger partial charge in [0.15, 0.2) is 6.29 Å². The third-order valence-electron chi connectivity index (χ3n) is 2.46. The summed E-state index contributed by atoms with van der Waals surface area (Å²) < 4.78 is 19.4. The largest absolute Gasteiger partial charge is 0.481 e. The van der Waals surface area contributed by atoms with Crippen molar-refractivity contribution in [1.29, 1.82) is 0 Å². The average molecular weight is 234 g/mol. The molecule has 0 spiro atoms. The predicted octanol–water partition coefficient (Wildman–Crippen LogP) is 2.05. The highest BCUT2D eigenvalue weighted by Crippen LogP contribution is 2.28. The molecule has 0 aliphatic heterocycles. The minimum atomic E-state index is -0.329. The van der Waals surface area contributed by atoms with Gasteiger partial charge in [-0.25, -0.2) is 9.07 Å². The molecule has 0 N–H and O–H groups in total. The molecule has 1 aromatic carbocycles. The highest BCUT2D eigenvalue weighted by atomic mass is 19.1. The first-order chi connectivity index (χ1) is 8.17. The van der Waals surface area contributed by atoms with Gasteiger partial charge in [0.2, 0.25) is 5.88 Å². The van der Waals surface area contributed by atoms with Crippen LogP contribution < -0.4 is 4.74 Å². The molecule has 0 saturated carbocycles. The van der Waals surface area contributed by atoms with Crippen LogP contribution in [0.4, 0.5) is 4.39 Å². The number of aldehydes is 1. The van der Waals surface area contributed by atoms with E-state index in [0.29, 0.717) is 29.0 Å². The Morgan fingerprint density at radius 1 is 1.35 bits per heavy atom. The van der Waals surface area contributed by atoms with Gasteiger partial charge >= 0.3 is 0 Å². The molecule has 1 heterocycles. The summed E-state index contributed by atoms with van der Waals surface area (Å²) in [6.45, 7) is 0. The summed E-state index contributed by atoms with van der Waals surface area (Å²) in [5, 5.41) is 4.19. The van der Waals surface area contributed by atoms with Gasteiger partial charge in [0.25, 0.3) is 0 Å². The molecule has 4 nitrogen and oxygen atoms in total. The van der Waals surface area contributed by atoms with E-state index < -0.39 is 0 Å². The molecular weight excluding hydrogens is 223 g/mol. The van der Waals surface area contributed by atoms with Crippen LogP contribution >= 0.6 is 0 Å². The molecule has 17 heavy (non-hydrogen) atoms. The summed E-state index contributed by atoms with van der Waals surface area (Å²) >= 11 is 0. The Hall–Kier alpha value is -2.17. The maximum atomic E-state index is 12.8. The van der Waals surface area contributed by atoms with Crippen molar-refractivity contribution in [3.63, 3.8) is 0 Å². The van der Waals surface area contributed by atoms with Crippen LogP contribution in [0.1, 0.15) is 10.4 Å². The Bertz CT molecular complexity index is 546. The lowest BCUT2D eigenvalue weighted by molar-refractivity contribution is 0.112. The number of hydrogen-bond acceptors (Lipinski definition) is 3. The Labute approximate surface area is 97.6 Å². The summed E-state index contributed by atoms with van der Waals surface area (Å²) in [4.78, 5) is 11.1. The number of aryl methyl sites for hydroxylation is 1. The van der Waals surface area contributed by atoms with E-state index in [1.165, 1.54) is 23.9 Å². The summed E-state index contributed by atoms with van der Waals surface area (Å²) in [6.07, 6.45) is 0.685. The zero-order valence-electron chi connectivity index (χ0n) is 9.48. The molecule has 0 amide bonds. The number of hydrogen-bond donors (Lipinski definition) is 0. The lowest BCUT2D eigenvalue weighted by Crippen LogP contribution is -1.96. The first-order valence-corrected chi connectivity index (χ1v) is 4.99. The van der Waals surface area contributed by atoms with Gasteiger partial charge in [-0.1, -0.05) is 0 Å². The van der Waals surface area contributed by atoms with Gasteiger partial charge in [0, 0.05) is 12.6 Å². The van der Waals surface area contributed by atoms with Gasteiger partial charge in [-0.15, -0.1) is 0 Å². The van der Waals surface area contributed by atoms with Crippen LogP contribution in [0.3, 0.4) is 0 Å². The fourth-order valence-electron chi connectivity index (χ4n) is 1.69. The van der Waals surface area contributed by atoms with Crippen LogP contribution in [0.5, 0.6) is 5.88 Å². The van der Waals surface area contributed by atoms with Crippen molar-refractivity contribution < 1.29 is 13.9 Å². The second-order valence-electron chi connectivity index (χ2n) is 3.52. The minimum Gasteiger partial charge on any atom is -0.481 e. The molecule has 0 bridgehead atoms. The molecule has 0 unspecified atom stereocenters. The number of methoxy groups -OCH3 is 1. The van der Waals surface area contributed by atoms with E-state index in [4.69, 9.17) is 4.74 Å². The van der Waals surface area contributed by atoms with E-state index in [9.17, 15) is 9.18 Å². The van der Waals surface area contributed by atoms with Crippen molar-refractivity contribution in [3.8, 4) is 17.1 Å². The van der Waals surface area contributed by atoms with Crippen molar-refractivity contribution in [3.05, 3.63) is 35.6 Å². The Kier molecular flexibility index (Phi) is 2.91. The molecule has 1 aromatic heterocycles. The fourth-order valence-corrected chi connectivity index (χ4v) is 1.69. The Morgan fingerprint density at radius 2 is 2.00 bits per heavy atom. The minimum absolute atomic E-state index is 0.329. The lowest BCUT2D eigenvalue weighted by Gasteiger charge is -1.99. The Balaban J connectivity index is 2.59. The first kappa shape index (κ1) is 11.3. The highest BCUT2D eigenvalue weighted by Gasteiger charge is 2.17. The Morgan fingerprint density at radius 3 is 2.53 bits per heavy atom. The number of halogens is 1. The van der Waals surface area contributed by atoms with Gasteiger partial charge in [-0.3, -0.25) is 4.79 Å². The standard InChI is InChI=1S/C12H11FN2O2/c1-15-12(17-2)10(7-16)11(14-15)8-3-5-9(13)6-4-8/h3-7H,1-2H3. The monoisotopic (exact) mass is 234 g/mol. The summed E-state index contributed by atoms with van der Waals surface area (Å²) in [7, 11) is 3.15. The van der Waals surface area contributed by atoms with E-state index in [0.717, 1.165) is 0 Å². The molecule has 0 aliphatic rings. The maximum absolute atomic E-state index is 12.8. The van der Waals surface area contributed by atoms with E-state index in [-0.39, 0.29) is 5.82 Å². The third kappa shape index (κ3) is 1.91. The lowest BCUT2D eigenvalue weighted by atomic mass is 10.1. The number of ether oxygens (including phenoxy) is 1. The van der Waals surface area contributed by atoms with Crippen molar-refractivity contribution in [2.24, 2.45) is 7.05 Å². The van der Waals surface area contributed by atoms with Crippen LogP contribution in [0, 0.1) is 5.82 Å². The van der Waals surface area contributed by atoms with Crippen molar-refractivity contribution >= 4 is 6.29 Å². The number of carbonyl (C=O) groups excluding carboxylic acids is 1. The van der Waals surface area contributed by atoms with Crippen molar-refractivity contribution in [2.45, 2.75) is 0 Å². The van der Waals surface area contributed by atoms with Crippen molar-refractivity contribution in [2.75, 3.05) is 7.11 Å². The highest BCUT2D eigenvalue weighted by molar-refractivity contribution is 5.88. The second-order valence-corrected chi connectivity index (χ2v) is 3.52. The molecule has 5 heteroatoms. The smallest absolute Gasteiger partial charge is 0.222 e. The zero-order chi connectivity index (χ0) is 12.4. The average Bonchev–Trinajstić information content (AvgIpc) is 2.66. The van der Waals surface area contributed by atoms with Crippen molar-refractivity contribution in [1.82, 2.24) is 9.78 Å². The fraction of sp³-hybridized carbons (Fsp3) is 0.167. The number of carbonyl (C=O) groups is 1. The molecule has 0 fully saturated rings. The molecule has 0 radical (unpaired) electrons. The van der Waals surface area contributed by atoms with E-state index in [1.54, 1.807) is 19.2 Å². The van der Waals surface area contributed by atoms with E-state index in [1.807, 2.05) is 0 Å². The van der Waals surface area contributed by atoms with Gasteiger partial charge in [0.1, 0.15) is 17.1 Å². The topological polar surface area (TPSA) is 44.1 Å². The number of aromatic nitrogens is 2. The number of nitrogens with zero attached hydrogens (tertiary/aromatic N) is 2. The molecule has 0 saturated heterocycles. The molecular formula is C12H11FN2O2. The van der Waals surface area contributed by atoms with Crippen LogP contribution in [0.15, 0.2) is 24.3 Å². The van der Waals surface area contributed by atoms with Crippen LogP contribution in [-0.4, -0.2) is 23.2 Å². The molecule has 0 aliphatic carbocycles. The van der Waals surface area contributed by atoms with Gasteiger partial charge in [-0.05, 0) is 24.3 Å². The molecule has 2 aromatic rings. The zero-order valence-corrected chi connectivity index (χ0v) is 9.48. The van der Waals surface area contributed by atoms with Gasteiger partial charge < -0.3 is 4.74 Å². The number of rotatable bonds is 3. The first-order valence-electron chi connectivity index (χ1n) is 4.99. The molecule has 0 atom stereocenters. The quantitative estimate of drug-likeness (QED) is 0.763. The maximum Gasteiger partial charge on any atom is 0.222 e. The van der Waals surface area contributed by atoms with E-state index >= 15 is 0 Å². The summed E-state index contributed by atoms with van der Waals surface area (Å²) in [5.74, 6) is 0.0589. The van der Waals surface area contributed by atoms with Crippen LogP contribution in [-0.2, 0) is 7.05 Å². The summed E-state index contributed by atoms with van der Waals surface area (Å²) in [5.41, 5.74) is 1.52. The van der Waals surface area contributed by atoms with Gasteiger partial charge in [0.05, 0.1) is 7.11 Å². The third-order valence-corrected chi connectivity index (χ3v) is 2.46.